The summed E-state index contributed by atoms with van der Waals surface area (Å²) in [5.74, 6) is 0.105. The van der Waals surface area contributed by atoms with Gasteiger partial charge in [-0.15, -0.1) is 0 Å². The number of amides is 1. The first-order valence-corrected chi connectivity index (χ1v) is 5.76. The Balaban J connectivity index is 2.00. The predicted octanol–water partition coefficient (Wildman–Crippen LogP) is 1.40. The van der Waals surface area contributed by atoms with Crippen molar-refractivity contribution in [1.82, 2.24) is 9.88 Å². The zero-order chi connectivity index (χ0) is 13.8. The van der Waals surface area contributed by atoms with Crippen LogP contribution in [0.5, 0.6) is 0 Å². The number of aliphatic carboxylic acids is 1. The lowest BCUT2D eigenvalue weighted by Gasteiger charge is -2.06. The van der Waals surface area contributed by atoms with E-state index in [2.05, 4.69) is 5.32 Å². The molecule has 0 aliphatic heterocycles. The van der Waals surface area contributed by atoms with Gasteiger partial charge in [0.2, 0.25) is 0 Å². The van der Waals surface area contributed by atoms with E-state index in [4.69, 9.17) is 9.52 Å². The van der Waals surface area contributed by atoms with Crippen molar-refractivity contribution in [2.24, 2.45) is 0 Å². The Hall–Kier alpha value is -2.50. The summed E-state index contributed by atoms with van der Waals surface area (Å²) in [7, 11) is 0. The van der Waals surface area contributed by atoms with Gasteiger partial charge in [-0.25, -0.2) is 0 Å². The fraction of sp³-hybridized carbons (Fsp3) is 0.231. The van der Waals surface area contributed by atoms with Crippen LogP contribution in [0.1, 0.15) is 22.0 Å². The third-order valence-corrected chi connectivity index (χ3v) is 2.59. The van der Waals surface area contributed by atoms with E-state index >= 15 is 0 Å². The Morgan fingerprint density at radius 1 is 1.37 bits per heavy atom. The highest BCUT2D eigenvalue weighted by Gasteiger charge is 2.12. The molecule has 0 unspecified atom stereocenters. The minimum Gasteiger partial charge on any atom is -0.480 e. The second-order valence-electron chi connectivity index (χ2n) is 4.11. The molecule has 2 aromatic heterocycles. The number of hydrogen-bond acceptors (Lipinski definition) is 3. The summed E-state index contributed by atoms with van der Waals surface area (Å²) in [6, 6.07) is 6.81. The highest BCUT2D eigenvalue weighted by molar-refractivity contribution is 5.93. The zero-order valence-electron chi connectivity index (χ0n) is 10.4. The number of rotatable bonds is 5. The first-order chi connectivity index (χ1) is 9.06. The highest BCUT2D eigenvalue weighted by atomic mass is 16.4. The van der Waals surface area contributed by atoms with Crippen molar-refractivity contribution < 1.29 is 19.1 Å². The average molecular weight is 262 g/mol. The van der Waals surface area contributed by atoms with E-state index in [1.54, 1.807) is 24.4 Å². The van der Waals surface area contributed by atoms with Crippen molar-refractivity contribution in [3.63, 3.8) is 0 Å². The van der Waals surface area contributed by atoms with E-state index in [0.717, 1.165) is 5.76 Å². The molecule has 0 spiro atoms. The number of carbonyl (C=O) groups is 2. The molecular formula is C13H14N2O4. The standard InChI is InChI=1S/C13H14N2O4/c1-9-4-5-10(19-9)7-14-13(18)11-3-2-6-15(11)8-12(16)17/h2-6H,7-8H2,1H3,(H,14,18)(H,16,17). The van der Waals surface area contributed by atoms with E-state index in [-0.39, 0.29) is 19.0 Å². The van der Waals surface area contributed by atoms with Crippen LogP contribution in [0.25, 0.3) is 0 Å². The largest absolute Gasteiger partial charge is 0.480 e. The third-order valence-electron chi connectivity index (χ3n) is 2.59. The number of nitrogens with zero attached hydrogens (tertiary/aromatic N) is 1. The number of aromatic nitrogens is 1. The molecule has 0 fully saturated rings. The summed E-state index contributed by atoms with van der Waals surface area (Å²) in [6.45, 7) is 1.85. The van der Waals surface area contributed by atoms with Crippen molar-refractivity contribution in [1.29, 1.82) is 0 Å². The van der Waals surface area contributed by atoms with Gasteiger partial charge in [0.15, 0.2) is 0 Å². The van der Waals surface area contributed by atoms with Gasteiger partial charge < -0.3 is 19.4 Å². The lowest BCUT2D eigenvalue weighted by atomic mass is 10.3. The molecule has 0 aliphatic rings. The summed E-state index contributed by atoms with van der Waals surface area (Å²) in [6.07, 6.45) is 1.56. The maximum atomic E-state index is 11.9. The number of carboxylic acid groups (broad SMARTS) is 1. The molecule has 6 nitrogen and oxygen atoms in total. The Labute approximate surface area is 109 Å². The fourth-order valence-corrected chi connectivity index (χ4v) is 1.74. The minimum absolute atomic E-state index is 0.240. The molecule has 2 aromatic rings. The molecule has 2 heterocycles. The van der Waals surface area contributed by atoms with Crippen molar-refractivity contribution in [3.8, 4) is 0 Å². The van der Waals surface area contributed by atoms with Crippen LogP contribution in [0, 0.1) is 6.92 Å². The molecular weight excluding hydrogens is 248 g/mol. The monoisotopic (exact) mass is 262 g/mol. The molecule has 0 saturated heterocycles. The van der Waals surface area contributed by atoms with Crippen molar-refractivity contribution in [3.05, 3.63) is 47.7 Å². The van der Waals surface area contributed by atoms with Gasteiger partial charge >= 0.3 is 5.97 Å². The summed E-state index contributed by atoms with van der Waals surface area (Å²) < 4.78 is 6.71. The third kappa shape index (κ3) is 3.25. The molecule has 1 amide bonds. The Bertz CT molecular complexity index is 597. The molecule has 100 valence electrons. The van der Waals surface area contributed by atoms with Gasteiger partial charge in [-0.2, -0.15) is 0 Å². The van der Waals surface area contributed by atoms with E-state index in [1.165, 1.54) is 4.57 Å². The number of carboxylic acids is 1. The van der Waals surface area contributed by atoms with Crippen LogP contribution in [-0.4, -0.2) is 21.6 Å². The number of carbonyl (C=O) groups excluding carboxylic acids is 1. The fourth-order valence-electron chi connectivity index (χ4n) is 1.74. The van der Waals surface area contributed by atoms with Gasteiger partial charge in [-0.05, 0) is 31.2 Å². The molecule has 2 rings (SSSR count). The number of furan rings is 1. The van der Waals surface area contributed by atoms with E-state index < -0.39 is 5.97 Å². The number of nitrogens with one attached hydrogen (secondary N) is 1. The molecule has 0 radical (unpaired) electrons. The van der Waals surface area contributed by atoms with E-state index in [9.17, 15) is 9.59 Å². The second kappa shape index (κ2) is 5.43. The van der Waals surface area contributed by atoms with Crippen LogP contribution in [0.4, 0.5) is 0 Å². The van der Waals surface area contributed by atoms with Gasteiger partial charge in [-0.1, -0.05) is 0 Å². The summed E-state index contributed by atoms with van der Waals surface area (Å²) in [5, 5.41) is 11.4. The average Bonchev–Trinajstić information content (AvgIpc) is 2.94. The first-order valence-electron chi connectivity index (χ1n) is 5.76. The van der Waals surface area contributed by atoms with Gasteiger partial charge in [0, 0.05) is 6.20 Å². The molecule has 6 heteroatoms. The van der Waals surface area contributed by atoms with Crippen molar-refractivity contribution in [2.45, 2.75) is 20.0 Å². The summed E-state index contributed by atoms with van der Waals surface area (Å²) >= 11 is 0. The van der Waals surface area contributed by atoms with E-state index in [1.807, 2.05) is 13.0 Å². The van der Waals surface area contributed by atoms with Crippen LogP contribution in [0.3, 0.4) is 0 Å². The van der Waals surface area contributed by atoms with Crippen LogP contribution in [-0.2, 0) is 17.9 Å². The predicted molar refractivity (Wildman–Crippen MR) is 66.7 cm³/mol. The van der Waals surface area contributed by atoms with Crippen LogP contribution < -0.4 is 5.32 Å². The lowest BCUT2D eigenvalue weighted by molar-refractivity contribution is -0.137. The first kappa shape index (κ1) is 12.9. The van der Waals surface area contributed by atoms with Gasteiger partial charge in [-0.3, -0.25) is 9.59 Å². The maximum absolute atomic E-state index is 11.9. The quantitative estimate of drug-likeness (QED) is 0.853. The minimum atomic E-state index is -0.994. The lowest BCUT2D eigenvalue weighted by Crippen LogP contribution is -2.26. The van der Waals surface area contributed by atoms with Gasteiger partial charge in [0.1, 0.15) is 23.8 Å². The second-order valence-corrected chi connectivity index (χ2v) is 4.11. The Morgan fingerprint density at radius 2 is 2.16 bits per heavy atom. The molecule has 0 atom stereocenters. The highest BCUT2D eigenvalue weighted by Crippen LogP contribution is 2.07. The van der Waals surface area contributed by atoms with Crippen molar-refractivity contribution in [2.75, 3.05) is 0 Å². The Kier molecular flexibility index (Phi) is 3.70. The summed E-state index contributed by atoms with van der Waals surface area (Å²) in [5.41, 5.74) is 0.311. The Morgan fingerprint density at radius 3 is 2.79 bits per heavy atom. The zero-order valence-corrected chi connectivity index (χ0v) is 10.4. The molecule has 0 saturated carbocycles. The SMILES string of the molecule is Cc1ccc(CNC(=O)c2cccn2CC(=O)O)o1. The van der Waals surface area contributed by atoms with Gasteiger partial charge in [0.05, 0.1) is 6.54 Å². The van der Waals surface area contributed by atoms with Crippen LogP contribution >= 0.6 is 0 Å². The summed E-state index contributed by atoms with van der Waals surface area (Å²) in [4.78, 5) is 22.6. The maximum Gasteiger partial charge on any atom is 0.323 e. The normalized spacial score (nSPS) is 10.4. The number of hydrogen-bond donors (Lipinski definition) is 2. The van der Waals surface area contributed by atoms with Crippen molar-refractivity contribution >= 4 is 11.9 Å². The van der Waals surface area contributed by atoms with Gasteiger partial charge in [0.25, 0.3) is 5.91 Å². The molecule has 0 aliphatic carbocycles. The van der Waals surface area contributed by atoms with E-state index in [0.29, 0.717) is 11.5 Å². The van der Waals surface area contributed by atoms with Crippen LogP contribution in [0.15, 0.2) is 34.9 Å². The number of aryl methyl sites for hydroxylation is 1. The molecule has 2 N–H and O–H groups in total. The van der Waals surface area contributed by atoms with Crippen LogP contribution in [0.2, 0.25) is 0 Å². The molecule has 0 aromatic carbocycles. The topological polar surface area (TPSA) is 84.5 Å². The molecule has 19 heavy (non-hydrogen) atoms. The smallest absolute Gasteiger partial charge is 0.323 e. The molecule has 0 bridgehead atoms.